The molecule has 0 unspecified atom stereocenters. The lowest BCUT2D eigenvalue weighted by Gasteiger charge is -2.18. The molecule has 3 aromatic rings. The van der Waals surface area contributed by atoms with E-state index in [0.29, 0.717) is 30.3 Å². The third-order valence-corrected chi connectivity index (χ3v) is 4.34. The van der Waals surface area contributed by atoms with Crippen LogP contribution in [0.4, 0.5) is 5.69 Å². The van der Waals surface area contributed by atoms with Crippen molar-refractivity contribution < 1.29 is 14.3 Å². The lowest BCUT2D eigenvalue weighted by Crippen LogP contribution is -2.34. The average molecular weight is 379 g/mol. The smallest absolute Gasteiger partial charge is 0.257 e. The number of ether oxygens (including phenoxy) is 2. The molecular weight excluding hydrogens is 362 g/mol. The zero-order valence-corrected chi connectivity index (χ0v) is 15.4. The van der Waals surface area contributed by atoms with Crippen molar-refractivity contribution in [3.63, 3.8) is 0 Å². The molecule has 4 rings (SSSR count). The van der Waals surface area contributed by atoms with E-state index in [2.05, 4.69) is 15.6 Å². The summed E-state index contributed by atoms with van der Waals surface area (Å²) in [6.45, 7) is 2.90. The molecule has 0 spiro atoms. The summed E-state index contributed by atoms with van der Waals surface area (Å²) in [6, 6.07) is 14.8. The summed E-state index contributed by atoms with van der Waals surface area (Å²) in [6.07, 6.45) is 0. The Morgan fingerprint density at radius 2 is 1.89 bits per heavy atom. The van der Waals surface area contributed by atoms with Crippen LogP contribution in [0.25, 0.3) is 10.9 Å². The van der Waals surface area contributed by atoms with Crippen molar-refractivity contribution in [2.75, 3.05) is 18.5 Å². The molecule has 1 amide bonds. The Balaban J connectivity index is 1.50. The van der Waals surface area contributed by atoms with Gasteiger partial charge in [0.2, 0.25) is 0 Å². The summed E-state index contributed by atoms with van der Waals surface area (Å²) in [4.78, 5) is 17.0. The van der Waals surface area contributed by atoms with Crippen LogP contribution in [0.3, 0.4) is 0 Å². The normalized spacial score (nSPS) is 12.5. The Morgan fingerprint density at radius 1 is 1.07 bits per heavy atom. The Morgan fingerprint density at radius 3 is 2.74 bits per heavy atom. The van der Waals surface area contributed by atoms with Gasteiger partial charge in [-0.15, -0.1) is 0 Å². The lowest BCUT2D eigenvalue weighted by molar-refractivity contribution is 0.0976. The number of anilines is 1. The van der Waals surface area contributed by atoms with Gasteiger partial charge < -0.3 is 14.8 Å². The van der Waals surface area contributed by atoms with Crippen LogP contribution in [-0.4, -0.2) is 29.2 Å². The van der Waals surface area contributed by atoms with E-state index < -0.39 is 0 Å². The Kier molecular flexibility index (Phi) is 4.60. The number of aromatic nitrogens is 1. The average Bonchev–Trinajstić information content (AvgIpc) is 2.68. The molecule has 0 saturated carbocycles. The molecule has 0 bridgehead atoms. The number of nitrogens with one attached hydrogen (secondary N) is 2. The van der Waals surface area contributed by atoms with Gasteiger partial charge in [-0.3, -0.25) is 15.1 Å². The van der Waals surface area contributed by atoms with Gasteiger partial charge in [0, 0.05) is 16.6 Å². The summed E-state index contributed by atoms with van der Waals surface area (Å²) in [5, 5.41) is 6.94. The van der Waals surface area contributed by atoms with Crippen molar-refractivity contribution >= 4 is 39.8 Å². The number of carbonyl (C=O) groups is 1. The van der Waals surface area contributed by atoms with Crippen LogP contribution < -0.4 is 20.1 Å². The predicted octanol–water partition coefficient (Wildman–Crippen LogP) is 3.44. The highest BCUT2D eigenvalue weighted by molar-refractivity contribution is 7.80. The molecule has 0 aliphatic carbocycles. The first-order valence-corrected chi connectivity index (χ1v) is 8.89. The number of nitrogens with zero attached hydrogens (tertiary/aromatic N) is 1. The summed E-state index contributed by atoms with van der Waals surface area (Å²) in [5.41, 5.74) is 2.88. The molecule has 2 heterocycles. The van der Waals surface area contributed by atoms with Crippen molar-refractivity contribution in [2.24, 2.45) is 0 Å². The Hall–Kier alpha value is -3.19. The molecule has 1 aliphatic rings. The van der Waals surface area contributed by atoms with Gasteiger partial charge in [0.15, 0.2) is 16.6 Å². The van der Waals surface area contributed by atoms with Gasteiger partial charge in [0.25, 0.3) is 5.91 Å². The minimum atomic E-state index is -0.325. The molecule has 0 fully saturated rings. The number of thiocarbonyl (C=S) groups is 1. The summed E-state index contributed by atoms with van der Waals surface area (Å²) in [5.74, 6) is 0.867. The van der Waals surface area contributed by atoms with Crippen molar-refractivity contribution in [3.8, 4) is 11.5 Å². The number of hydrogen-bond acceptors (Lipinski definition) is 5. The molecule has 1 aliphatic heterocycles. The lowest BCUT2D eigenvalue weighted by atomic mass is 10.1. The summed E-state index contributed by atoms with van der Waals surface area (Å²) >= 11 is 5.30. The number of rotatable bonds is 2. The van der Waals surface area contributed by atoms with Crippen LogP contribution in [0.2, 0.25) is 0 Å². The second-order valence-electron chi connectivity index (χ2n) is 6.10. The fourth-order valence-corrected chi connectivity index (χ4v) is 3.06. The molecule has 27 heavy (non-hydrogen) atoms. The minimum Gasteiger partial charge on any atom is -0.486 e. The topological polar surface area (TPSA) is 72.5 Å². The second-order valence-corrected chi connectivity index (χ2v) is 6.50. The zero-order chi connectivity index (χ0) is 18.8. The van der Waals surface area contributed by atoms with Gasteiger partial charge in [-0.1, -0.05) is 18.2 Å². The fraction of sp³-hybridized carbons (Fsp3) is 0.150. The highest BCUT2D eigenvalue weighted by Crippen LogP contribution is 2.30. The molecule has 136 valence electrons. The molecule has 0 radical (unpaired) electrons. The number of fused-ring (bicyclic) bond motifs is 2. The van der Waals surface area contributed by atoms with Gasteiger partial charge in [-0.25, -0.2) is 0 Å². The third kappa shape index (κ3) is 3.68. The van der Waals surface area contributed by atoms with E-state index in [1.807, 2.05) is 37.3 Å². The van der Waals surface area contributed by atoms with Gasteiger partial charge >= 0.3 is 0 Å². The first kappa shape index (κ1) is 17.2. The standard InChI is InChI=1S/C20H17N3O3S/c1-12-5-6-13-3-2-4-15(18(13)21-12)22-20(27)23-19(24)14-7-8-16-17(11-14)26-10-9-25-16/h2-8,11H,9-10H2,1H3,(H2,22,23,24,27). The fourth-order valence-electron chi connectivity index (χ4n) is 2.86. The number of benzene rings is 2. The van der Waals surface area contributed by atoms with E-state index in [9.17, 15) is 4.79 Å². The first-order chi connectivity index (χ1) is 13.1. The Labute approximate surface area is 161 Å². The molecule has 7 heteroatoms. The van der Waals surface area contributed by atoms with Crippen molar-refractivity contribution in [3.05, 3.63) is 59.8 Å². The van der Waals surface area contributed by atoms with E-state index in [1.165, 1.54) is 0 Å². The molecule has 6 nitrogen and oxygen atoms in total. The van der Waals surface area contributed by atoms with Crippen LogP contribution in [0.5, 0.6) is 11.5 Å². The minimum absolute atomic E-state index is 0.200. The van der Waals surface area contributed by atoms with Crippen molar-refractivity contribution in [1.29, 1.82) is 0 Å². The van der Waals surface area contributed by atoms with Crippen LogP contribution in [0.15, 0.2) is 48.5 Å². The third-order valence-electron chi connectivity index (χ3n) is 4.14. The number of carbonyl (C=O) groups excluding carboxylic acids is 1. The molecule has 0 atom stereocenters. The number of amides is 1. The number of aryl methyl sites for hydroxylation is 1. The van der Waals surface area contributed by atoms with Gasteiger partial charge in [0.1, 0.15) is 13.2 Å². The van der Waals surface area contributed by atoms with Gasteiger partial charge in [0.05, 0.1) is 11.2 Å². The van der Waals surface area contributed by atoms with Crippen LogP contribution in [-0.2, 0) is 0 Å². The van der Waals surface area contributed by atoms with E-state index >= 15 is 0 Å². The molecule has 2 aromatic carbocycles. The van der Waals surface area contributed by atoms with Gasteiger partial charge in [-0.2, -0.15) is 0 Å². The van der Waals surface area contributed by atoms with Crippen LogP contribution in [0.1, 0.15) is 16.1 Å². The number of para-hydroxylation sites is 1. The molecule has 2 N–H and O–H groups in total. The molecular formula is C20H17N3O3S. The maximum absolute atomic E-state index is 12.5. The highest BCUT2D eigenvalue weighted by Gasteiger charge is 2.16. The largest absolute Gasteiger partial charge is 0.486 e. The van der Waals surface area contributed by atoms with Gasteiger partial charge in [-0.05, 0) is 49.5 Å². The van der Waals surface area contributed by atoms with Crippen molar-refractivity contribution in [2.45, 2.75) is 6.92 Å². The molecule has 1 aromatic heterocycles. The SMILES string of the molecule is Cc1ccc2cccc(NC(=S)NC(=O)c3ccc4c(c3)OCCO4)c2n1. The van der Waals surface area contributed by atoms with E-state index in [4.69, 9.17) is 21.7 Å². The summed E-state index contributed by atoms with van der Waals surface area (Å²) in [7, 11) is 0. The zero-order valence-electron chi connectivity index (χ0n) is 14.6. The Bertz CT molecular complexity index is 1050. The van der Waals surface area contributed by atoms with E-state index in [0.717, 1.165) is 22.3 Å². The van der Waals surface area contributed by atoms with Crippen molar-refractivity contribution in [1.82, 2.24) is 10.3 Å². The maximum Gasteiger partial charge on any atom is 0.257 e. The van der Waals surface area contributed by atoms with E-state index in [1.54, 1.807) is 18.2 Å². The number of hydrogen-bond donors (Lipinski definition) is 2. The number of pyridine rings is 1. The quantitative estimate of drug-likeness (QED) is 0.665. The van der Waals surface area contributed by atoms with E-state index in [-0.39, 0.29) is 11.0 Å². The molecule has 0 saturated heterocycles. The predicted molar refractivity (Wildman–Crippen MR) is 108 cm³/mol. The second kappa shape index (κ2) is 7.20. The van der Waals surface area contributed by atoms with Crippen LogP contribution in [0, 0.1) is 6.92 Å². The first-order valence-electron chi connectivity index (χ1n) is 8.48. The monoisotopic (exact) mass is 379 g/mol. The van der Waals surface area contributed by atoms with Crippen LogP contribution >= 0.6 is 12.2 Å². The summed E-state index contributed by atoms with van der Waals surface area (Å²) < 4.78 is 11.0. The maximum atomic E-state index is 12.5. The highest BCUT2D eigenvalue weighted by atomic mass is 32.1.